The lowest BCUT2D eigenvalue weighted by atomic mass is 9.97. The Labute approximate surface area is 222 Å². The minimum atomic E-state index is -1.28. The van der Waals surface area contributed by atoms with Gasteiger partial charge in [0.15, 0.2) is 6.29 Å². The highest BCUT2D eigenvalue weighted by Crippen LogP contribution is 2.27. The summed E-state index contributed by atoms with van der Waals surface area (Å²) in [7, 11) is 0. The van der Waals surface area contributed by atoms with Crippen molar-refractivity contribution in [2.45, 2.75) is 57.1 Å². The SMILES string of the molecule is [N-]=[N+]=NC1CCC([C@@H](COCc2ccccc2)N(Cc2ccccc2)C(=O)OCc2ccccc2)OC1O. The molecule has 1 fully saturated rings. The molecule has 0 spiro atoms. The van der Waals surface area contributed by atoms with Crippen molar-refractivity contribution in [2.75, 3.05) is 6.61 Å². The van der Waals surface area contributed by atoms with Crippen molar-refractivity contribution in [2.24, 2.45) is 5.11 Å². The zero-order valence-corrected chi connectivity index (χ0v) is 21.1. The topological polar surface area (TPSA) is 117 Å². The van der Waals surface area contributed by atoms with Gasteiger partial charge in [0, 0.05) is 11.5 Å². The predicted molar refractivity (Wildman–Crippen MR) is 142 cm³/mol. The highest BCUT2D eigenvalue weighted by atomic mass is 16.6. The predicted octanol–water partition coefficient (Wildman–Crippen LogP) is 5.59. The van der Waals surface area contributed by atoms with Gasteiger partial charge in [-0.3, -0.25) is 4.90 Å². The number of rotatable bonds is 11. The zero-order valence-electron chi connectivity index (χ0n) is 21.1. The average Bonchev–Trinajstić information content (AvgIpc) is 2.96. The number of hydrogen-bond donors (Lipinski definition) is 1. The van der Waals surface area contributed by atoms with Gasteiger partial charge < -0.3 is 19.3 Å². The third-order valence-electron chi connectivity index (χ3n) is 6.46. The Morgan fingerprint density at radius 3 is 2.11 bits per heavy atom. The molecule has 3 unspecified atom stereocenters. The molecule has 1 heterocycles. The van der Waals surface area contributed by atoms with E-state index in [9.17, 15) is 9.90 Å². The van der Waals surface area contributed by atoms with E-state index in [-0.39, 0.29) is 19.8 Å². The Morgan fingerprint density at radius 2 is 1.53 bits per heavy atom. The van der Waals surface area contributed by atoms with Gasteiger partial charge in [0.1, 0.15) is 6.61 Å². The third kappa shape index (κ3) is 7.81. The first kappa shape index (κ1) is 27.2. The van der Waals surface area contributed by atoms with Crippen molar-refractivity contribution in [3.05, 3.63) is 118 Å². The number of carbonyl (C=O) groups excluding carboxylic acids is 1. The van der Waals surface area contributed by atoms with Crippen molar-refractivity contribution < 1.29 is 24.1 Å². The van der Waals surface area contributed by atoms with Gasteiger partial charge in [-0.15, -0.1) is 0 Å². The summed E-state index contributed by atoms with van der Waals surface area (Å²) < 4.78 is 17.7. The monoisotopic (exact) mass is 516 g/mol. The molecule has 1 aliphatic heterocycles. The van der Waals surface area contributed by atoms with E-state index >= 15 is 0 Å². The van der Waals surface area contributed by atoms with Gasteiger partial charge in [0.05, 0.1) is 31.4 Å². The van der Waals surface area contributed by atoms with Crippen molar-refractivity contribution >= 4 is 6.09 Å². The molecule has 1 amide bonds. The molecule has 38 heavy (non-hydrogen) atoms. The Kier molecular flexibility index (Phi) is 10.1. The van der Waals surface area contributed by atoms with Gasteiger partial charge >= 0.3 is 6.09 Å². The van der Waals surface area contributed by atoms with Crippen LogP contribution in [0.4, 0.5) is 4.79 Å². The molecule has 3 aromatic carbocycles. The first-order valence-electron chi connectivity index (χ1n) is 12.6. The molecule has 4 atom stereocenters. The summed E-state index contributed by atoms with van der Waals surface area (Å²) in [5, 5.41) is 14.2. The second-order valence-corrected chi connectivity index (χ2v) is 9.14. The maximum Gasteiger partial charge on any atom is 0.410 e. The molecule has 9 heteroatoms. The van der Waals surface area contributed by atoms with Crippen molar-refractivity contribution in [1.29, 1.82) is 0 Å². The molecule has 4 rings (SSSR count). The summed E-state index contributed by atoms with van der Waals surface area (Å²) >= 11 is 0. The normalized spacial score (nSPS) is 19.7. The van der Waals surface area contributed by atoms with E-state index in [1.807, 2.05) is 91.0 Å². The van der Waals surface area contributed by atoms with Crippen LogP contribution in [-0.4, -0.2) is 47.2 Å². The van der Waals surface area contributed by atoms with Crippen LogP contribution >= 0.6 is 0 Å². The van der Waals surface area contributed by atoms with Crippen LogP contribution in [0.15, 0.2) is 96.1 Å². The van der Waals surface area contributed by atoms with Crippen molar-refractivity contribution in [3.63, 3.8) is 0 Å². The third-order valence-corrected chi connectivity index (χ3v) is 6.46. The molecule has 1 aliphatic rings. The van der Waals surface area contributed by atoms with Crippen LogP contribution in [0, 0.1) is 0 Å². The van der Waals surface area contributed by atoms with Gasteiger partial charge in [0.2, 0.25) is 0 Å². The molecular weight excluding hydrogens is 484 g/mol. The molecular formula is C29H32N4O5. The van der Waals surface area contributed by atoms with Crippen LogP contribution in [0.25, 0.3) is 10.4 Å². The quantitative estimate of drug-likeness (QED) is 0.203. The minimum Gasteiger partial charge on any atom is -0.445 e. The number of hydrogen-bond acceptors (Lipinski definition) is 6. The van der Waals surface area contributed by atoms with Crippen LogP contribution in [0.2, 0.25) is 0 Å². The van der Waals surface area contributed by atoms with E-state index in [0.717, 1.165) is 16.7 Å². The summed E-state index contributed by atoms with van der Waals surface area (Å²) in [5.41, 5.74) is 11.6. The lowest BCUT2D eigenvalue weighted by molar-refractivity contribution is -0.193. The summed E-state index contributed by atoms with van der Waals surface area (Å²) in [4.78, 5) is 18.0. The fraction of sp³-hybridized carbons (Fsp3) is 0.345. The molecule has 0 saturated carbocycles. The largest absolute Gasteiger partial charge is 0.445 e. The number of aliphatic hydroxyl groups is 1. The minimum absolute atomic E-state index is 0.121. The summed E-state index contributed by atoms with van der Waals surface area (Å²) in [6.07, 6.45) is -1.46. The Hall–Kier alpha value is -3.88. The van der Waals surface area contributed by atoms with Crippen LogP contribution in [0.1, 0.15) is 29.5 Å². The Morgan fingerprint density at radius 1 is 0.947 bits per heavy atom. The molecule has 198 valence electrons. The first-order chi connectivity index (χ1) is 18.6. The highest BCUT2D eigenvalue weighted by molar-refractivity contribution is 5.68. The van der Waals surface area contributed by atoms with Crippen LogP contribution in [0.5, 0.6) is 0 Å². The maximum atomic E-state index is 13.6. The van der Waals surface area contributed by atoms with E-state index < -0.39 is 30.6 Å². The number of nitrogens with zero attached hydrogens (tertiary/aromatic N) is 4. The van der Waals surface area contributed by atoms with Crippen LogP contribution in [0.3, 0.4) is 0 Å². The summed E-state index contributed by atoms with van der Waals surface area (Å²) in [6.45, 7) is 0.900. The molecule has 1 saturated heterocycles. The molecule has 0 bridgehead atoms. The van der Waals surface area contributed by atoms with Crippen molar-refractivity contribution in [3.8, 4) is 0 Å². The number of amides is 1. The number of benzene rings is 3. The van der Waals surface area contributed by atoms with Gasteiger partial charge in [-0.25, -0.2) is 4.79 Å². The molecule has 9 nitrogen and oxygen atoms in total. The summed E-state index contributed by atoms with van der Waals surface area (Å²) in [5.74, 6) is 0. The molecule has 0 radical (unpaired) electrons. The lowest BCUT2D eigenvalue weighted by Gasteiger charge is -2.40. The standard InChI is InChI=1S/C29H32N4O5/c30-32-31-25-16-17-27(38-28(25)34)26(21-36-19-23-12-6-2-7-13-23)33(18-22-10-4-1-5-11-22)29(35)37-20-24-14-8-3-9-15-24/h1-15,25-28,34H,16-21H2/t25?,26-,27?,28?/m1/s1. The lowest BCUT2D eigenvalue weighted by Crippen LogP contribution is -2.54. The summed E-state index contributed by atoms with van der Waals surface area (Å²) in [6, 6.07) is 27.6. The molecule has 0 aromatic heterocycles. The van der Waals surface area contributed by atoms with Crippen molar-refractivity contribution in [1.82, 2.24) is 4.90 Å². The van der Waals surface area contributed by atoms with E-state index in [1.54, 1.807) is 4.90 Å². The molecule has 0 aliphatic carbocycles. The van der Waals surface area contributed by atoms with Gasteiger partial charge in [0.25, 0.3) is 0 Å². The van der Waals surface area contributed by atoms with Crippen LogP contribution < -0.4 is 0 Å². The van der Waals surface area contributed by atoms with E-state index in [4.69, 9.17) is 19.7 Å². The van der Waals surface area contributed by atoms with E-state index in [0.29, 0.717) is 19.4 Å². The fourth-order valence-corrected chi connectivity index (χ4v) is 4.45. The number of ether oxygens (including phenoxy) is 3. The average molecular weight is 517 g/mol. The Bertz CT molecular complexity index is 1180. The van der Waals surface area contributed by atoms with E-state index in [2.05, 4.69) is 10.0 Å². The highest BCUT2D eigenvalue weighted by Gasteiger charge is 2.39. The van der Waals surface area contributed by atoms with E-state index in [1.165, 1.54) is 0 Å². The zero-order chi connectivity index (χ0) is 26.6. The molecule has 1 N–H and O–H groups in total. The van der Waals surface area contributed by atoms with Gasteiger partial charge in [-0.2, -0.15) is 0 Å². The van der Waals surface area contributed by atoms with Crippen LogP contribution in [-0.2, 0) is 34.0 Å². The Balaban J connectivity index is 1.56. The maximum absolute atomic E-state index is 13.6. The molecule has 3 aromatic rings. The number of carbonyl (C=O) groups is 1. The number of aliphatic hydroxyl groups excluding tert-OH is 1. The smallest absolute Gasteiger partial charge is 0.410 e. The second-order valence-electron chi connectivity index (χ2n) is 9.14. The van der Waals surface area contributed by atoms with Gasteiger partial charge in [-0.1, -0.05) is 96.1 Å². The number of azide groups is 1. The first-order valence-corrected chi connectivity index (χ1v) is 12.6. The van der Waals surface area contributed by atoms with Gasteiger partial charge in [-0.05, 0) is 35.1 Å². The fourth-order valence-electron chi connectivity index (χ4n) is 4.45. The second kappa shape index (κ2) is 14.2.